The summed E-state index contributed by atoms with van der Waals surface area (Å²) in [4.78, 5) is 22.9. The molecule has 0 unspecified atom stereocenters. The van der Waals surface area contributed by atoms with Crippen molar-refractivity contribution in [2.45, 2.75) is 17.2 Å². The van der Waals surface area contributed by atoms with E-state index in [1.165, 1.54) is 24.2 Å². The molecule has 88 valence electrons. The van der Waals surface area contributed by atoms with Gasteiger partial charge in [-0.15, -0.1) is 0 Å². The van der Waals surface area contributed by atoms with Crippen molar-refractivity contribution in [1.82, 2.24) is 24.7 Å². The van der Waals surface area contributed by atoms with Crippen LogP contribution in [0.25, 0.3) is 0 Å². The third kappa shape index (κ3) is 2.59. The Balaban J connectivity index is 2.33. The number of rotatable bonds is 3. The molecular weight excluding hydrogens is 242 g/mol. The fourth-order valence-corrected chi connectivity index (χ4v) is 1.93. The maximum absolute atomic E-state index is 10.8. The molecule has 0 amide bonds. The van der Waals surface area contributed by atoms with E-state index in [9.17, 15) is 4.79 Å². The standard InChI is InChI=1S/C9H9N5O2S/c1-5-3-6(7(15)16)13-8(12-5)17-9-10-4-11-14(9)2/h3-4H,1-2H3,(H,15,16). The number of nitrogens with zero attached hydrogens (tertiary/aromatic N) is 5. The largest absolute Gasteiger partial charge is 0.477 e. The quantitative estimate of drug-likeness (QED) is 0.805. The molecule has 0 radical (unpaired) electrons. The molecule has 0 aliphatic carbocycles. The molecule has 0 bridgehead atoms. The summed E-state index contributed by atoms with van der Waals surface area (Å²) >= 11 is 1.17. The number of aryl methyl sites for hydroxylation is 2. The first-order valence-electron chi connectivity index (χ1n) is 4.67. The number of carbonyl (C=O) groups is 1. The van der Waals surface area contributed by atoms with Crippen molar-refractivity contribution in [1.29, 1.82) is 0 Å². The molecule has 2 heterocycles. The summed E-state index contributed by atoms with van der Waals surface area (Å²) in [5.74, 6) is -1.07. The second-order valence-corrected chi connectivity index (χ2v) is 4.18. The van der Waals surface area contributed by atoms with Gasteiger partial charge in [-0.05, 0) is 24.8 Å². The molecule has 7 nitrogen and oxygen atoms in total. The van der Waals surface area contributed by atoms with Gasteiger partial charge in [-0.3, -0.25) is 0 Å². The van der Waals surface area contributed by atoms with Crippen molar-refractivity contribution in [3.63, 3.8) is 0 Å². The van der Waals surface area contributed by atoms with Gasteiger partial charge < -0.3 is 5.11 Å². The van der Waals surface area contributed by atoms with Crippen LogP contribution in [-0.4, -0.2) is 35.8 Å². The Hall–Kier alpha value is -1.96. The van der Waals surface area contributed by atoms with Gasteiger partial charge in [-0.2, -0.15) is 5.10 Å². The molecule has 2 aromatic heterocycles. The molecule has 8 heteroatoms. The minimum absolute atomic E-state index is 0.0258. The van der Waals surface area contributed by atoms with E-state index in [-0.39, 0.29) is 5.69 Å². The normalized spacial score (nSPS) is 10.5. The van der Waals surface area contributed by atoms with Gasteiger partial charge in [-0.25, -0.2) is 24.4 Å². The molecule has 0 spiro atoms. The van der Waals surface area contributed by atoms with Crippen LogP contribution in [0.2, 0.25) is 0 Å². The van der Waals surface area contributed by atoms with Crippen LogP contribution in [0.3, 0.4) is 0 Å². The average molecular weight is 251 g/mol. The minimum atomic E-state index is -1.07. The molecule has 0 aliphatic heterocycles. The van der Waals surface area contributed by atoms with Crippen LogP contribution in [0.5, 0.6) is 0 Å². The number of hydrogen-bond acceptors (Lipinski definition) is 6. The molecule has 2 aromatic rings. The first-order chi connectivity index (χ1) is 8.06. The van der Waals surface area contributed by atoms with Crippen molar-refractivity contribution in [3.05, 3.63) is 23.8 Å². The van der Waals surface area contributed by atoms with Crippen LogP contribution in [0.15, 0.2) is 22.7 Å². The van der Waals surface area contributed by atoms with E-state index >= 15 is 0 Å². The monoisotopic (exact) mass is 251 g/mol. The Bertz CT molecular complexity index is 568. The fraction of sp³-hybridized carbons (Fsp3) is 0.222. The topological polar surface area (TPSA) is 93.8 Å². The Kier molecular flexibility index (Phi) is 3.05. The molecule has 0 aromatic carbocycles. The third-order valence-corrected chi connectivity index (χ3v) is 2.82. The van der Waals surface area contributed by atoms with Gasteiger partial charge in [0.05, 0.1) is 0 Å². The van der Waals surface area contributed by atoms with Gasteiger partial charge in [0.25, 0.3) is 0 Å². The van der Waals surface area contributed by atoms with E-state index in [1.807, 2.05) is 0 Å². The van der Waals surface area contributed by atoms with E-state index < -0.39 is 5.97 Å². The summed E-state index contributed by atoms with van der Waals surface area (Å²) in [6.45, 7) is 1.72. The lowest BCUT2D eigenvalue weighted by Crippen LogP contribution is -2.04. The highest BCUT2D eigenvalue weighted by molar-refractivity contribution is 7.99. The smallest absolute Gasteiger partial charge is 0.354 e. The first-order valence-corrected chi connectivity index (χ1v) is 5.49. The highest BCUT2D eigenvalue weighted by Crippen LogP contribution is 2.21. The zero-order chi connectivity index (χ0) is 12.4. The van der Waals surface area contributed by atoms with Crippen LogP contribution in [0.4, 0.5) is 0 Å². The van der Waals surface area contributed by atoms with Gasteiger partial charge in [0.1, 0.15) is 6.33 Å². The maximum Gasteiger partial charge on any atom is 0.354 e. The van der Waals surface area contributed by atoms with Crippen LogP contribution in [-0.2, 0) is 7.05 Å². The van der Waals surface area contributed by atoms with E-state index in [2.05, 4.69) is 20.1 Å². The molecule has 0 saturated heterocycles. The molecule has 0 atom stereocenters. The summed E-state index contributed by atoms with van der Waals surface area (Å²) in [7, 11) is 1.74. The van der Waals surface area contributed by atoms with Gasteiger partial charge in [0, 0.05) is 12.7 Å². The van der Waals surface area contributed by atoms with Gasteiger partial charge in [0.15, 0.2) is 16.0 Å². The van der Waals surface area contributed by atoms with Crippen molar-refractivity contribution < 1.29 is 9.90 Å². The Morgan fingerprint density at radius 3 is 2.82 bits per heavy atom. The highest BCUT2D eigenvalue weighted by atomic mass is 32.2. The summed E-state index contributed by atoms with van der Waals surface area (Å²) in [5, 5.41) is 13.7. The lowest BCUT2D eigenvalue weighted by molar-refractivity contribution is 0.0689. The van der Waals surface area contributed by atoms with Crippen LogP contribution >= 0.6 is 11.8 Å². The van der Waals surface area contributed by atoms with E-state index in [4.69, 9.17) is 5.11 Å². The van der Waals surface area contributed by atoms with Crippen LogP contribution in [0.1, 0.15) is 16.2 Å². The van der Waals surface area contributed by atoms with Crippen LogP contribution < -0.4 is 0 Å². The van der Waals surface area contributed by atoms with Crippen molar-refractivity contribution in [2.24, 2.45) is 7.05 Å². The Morgan fingerprint density at radius 2 is 2.24 bits per heavy atom. The van der Waals surface area contributed by atoms with E-state index in [0.29, 0.717) is 16.0 Å². The zero-order valence-corrected chi connectivity index (χ0v) is 9.97. The Labute approximate surface area is 101 Å². The molecule has 17 heavy (non-hydrogen) atoms. The minimum Gasteiger partial charge on any atom is -0.477 e. The number of aromatic carboxylic acids is 1. The maximum atomic E-state index is 10.8. The first kappa shape index (κ1) is 11.5. The SMILES string of the molecule is Cc1cc(C(=O)O)nc(Sc2ncnn2C)n1. The lowest BCUT2D eigenvalue weighted by Gasteiger charge is -2.02. The molecular formula is C9H9N5O2S. The second-order valence-electron chi connectivity index (χ2n) is 3.25. The molecule has 0 aliphatic rings. The van der Waals surface area contributed by atoms with Crippen LogP contribution in [0, 0.1) is 6.92 Å². The summed E-state index contributed by atoms with van der Waals surface area (Å²) < 4.78 is 1.57. The number of carboxylic acids is 1. The number of aromatic nitrogens is 5. The third-order valence-electron chi connectivity index (χ3n) is 1.91. The zero-order valence-electron chi connectivity index (χ0n) is 9.15. The summed E-state index contributed by atoms with van der Waals surface area (Å²) in [5.41, 5.74) is 0.573. The average Bonchev–Trinajstić information content (AvgIpc) is 2.63. The molecule has 2 rings (SSSR count). The highest BCUT2D eigenvalue weighted by Gasteiger charge is 2.11. The van der Waals surface area contributed by atoms with E-state index in [0.717, 1.165) is 0 Å². The summed E-state index contributed by atoms with van der Waals surface area (Å²) in [6.07, 6.45) is 1.41. The molecule has 1 N–H and O–H groups in total. The van der Waals surface area contributed by atoms with Gasteiger partial charge >= 0.3 is 5.97 Å². The molecule has 0 saturated carbocycles. The van der Waals surface area contributed by atoms with E-state index in [1.54, 1.807) is 18.7 Å². The van der Waals surface area contributed by atoms with Gasteiger partial charge in [-0.1, -0.05) is 0 Å². The second kappa shape index (κ2) is 4.50. The van der Waals surface area contributed by atoms with Crippen molar-refractivity contribution in [3.8, 4) is 0 Å². The van der Waals surface area contributed by atoms with Crippen molar-refractivity contribution >= 4 is 17.7 Å². The predicted octanol–water partition coefficient (Wildman–Crippen LogP) is 0.763. The number of carboxylic acid groups (broad SMARTS) is 1. The predicted molar refractivity (Wildman–Crippen MR) is 58.9 cm³/mol. The lowest BCUT2D eigenvalue weighted by atomic mass is 10.3. The van der Waals surface area contributed by atoms with Crippen molar-refractivity contribution in [2.75, 3.05) is 0 Å². The summed E-state index contributed by atoms with van der Waals surface area (Å²) in [6, 6.07) is 1.42. The molecule has 0 fully saturated rings. The fourth-order valence-electron chi connectivity index (χ4n) is 1.16. The van der Waals surface area contributed by atoms with Gasteiger partial charge in [0.2, 0.25) is 0 Å². The Morgan fingerprint density at radius 1 is 1.47 bits per heavy atom. The number of hydrogen-bond donors (Lipinski definition) is 1.